The van der Waals surface area contributed by atoms with E-state index in [2.05, 4.69) is 0 Å². The van der Waals surface area contributed by atoms with Crippen LogP contribution in [-0.2, 0) is 0 Å². The van der Waals surface area contributed by atoms with Crippen molar-refractivity contribution in [2.45, 2.75) is 0 Å². The van der Waals surface area contributed by atoms with Gasteiger partial charge in [-0.15, -0.1) is 0 Å². The first-order valence-corrected chi connectivity index (χ1v) is 0. The Bertz CT molecular complexity index is 6.85. The van der Waals surface area contributed by atoms with Crippen molar-refractivity contribution in [3.63, 3.8) is 0 Å². The summed E-state index contributed by atoms with van der Waals surface area (Å²) >= 11 is 0. The molecule has 0 unspecified atom stereocenters. The van der Waals surface area contributed by atoms with Crippen molar-refractivity contribution in [3.05, 3.63) is 0 Å². The van der Waals surface area contributed by atoms with E-state index >= 15 is 0 Å². The molecule has 0 bridgehead atoms. The fraction of sp³-hybridized carbons (Fsp3) is 0. The predicted octanol–water partition coefficient (Wildman–Crippen LogP) is -0.799. The molecule has 0 aromatic heterocycles. The van der Waals surface area contributed by atoms with Crippen LogP contribution in [0.3, 0.4) is 0 Å². The van der Waals surface area contributed by atoms with Gasteiger partial charge in [0.05, 0.1) is 0 Å². The van der Waals surface area contributed by atoms with Gasteiger partial charge in [0.1, 0.15) is 0 Å². The van der Waals surface area contributed by atoms with E-state index < -0.39 is 0 Å². The zero-order valence-corrected chi connectivity index (χ0v) is 4.26. The van der Waals surface area contributed by atoms with E-state index in [-0.39, 0.29) is 55.6 Å². The summed E-state index contributed by atoms with van der Waals surface area (Å²) in [5, 5.41) is 0. The van der Waals surface area contributed by atoms with Crippen LogP contribution >= 0.6 is 0 Å². The van der Waals surface area contributed by atoms with Gasteiger partial charge in [-0.05, 0) is 0 Å². The molecule has 0 saturated carbocycles. The molecule has 0 fully saturated rings. The van der Waals surface area contributed by atoms with E-state index in [0.717, 1.165) is 0 Å². The topological polar surface area (TPSA) is 90.0 Å². The van der Waals surface area contributed by atoms with Gasteiger partial charge in [0, 0.05) is 0 Å². The smallest absolute Gasteiger partial charge is 0.870 e. The van der Waals surface area contributed by atoms with Crippen LogP contribution in [0, 0.1) is 0 Å². The van der Waals surface area contributed by atoms with Crippen molar-refractivity contribution in [1.82, 2.24) is 0 Å². The maximum atomic E-state index is 0. The van der Waals surface area contributed by atoms with Crippen molar-refractivity contribution in [2.24, 2.45) is 0 Å². The monoisotopic (exact) mass is 92.0 g/mol. The van der Waals surface area contributed by atoms with E-state index in [0.29, 0.717) is 0 Å². The molecule has 3 N–H and O–H groups in total. The second-order valence-electron chi connectivity index (χ2n) is 0. The minimum absolute atomic E-state index is 0. The van der Waals surface area contributed by atoms with Crippen LogP contribution in [0.15, 0.2) is 0 Å². The molecule has 0 aliphatic heterocycles. The van der Waals surface area contributed by atoms with Gasteiger partial charge in [-0.2, -0.15) is 0 Å². The van der Waals surface area contributed by atoms with Crippen molar-refractivity contribution in [2.75, 3.05) is 0 Å². The van der Waals surface area contributed by atoms with Crippen molar-refractivity contribution < 1.29 is 17.9 Å². The summed E-state index contributed by atoms with van der Waals surface area (Å²) in [5.74, 6) is 0. The van der Waals surface area contributed by atoms with Gasteiger partial charge < -0.3 is 16.4 Å². The Hall–Kier alpha value is 1.14. The normalized spacial score (nSPS) is 0. The van der Waals surface area contributed by atoms with E-state index in [1.165, 1.54) is 0 Å². The van der Waals surface area contributed by atoms with Gasteiger partial charge in [-0.1, -0.05) is 0 Å². The van der Waals surface area contributed by atoms with Crippen LogP contribution in [0.1, 0.15) is 1.43 Å². The van der Waals surface area contributed by atoms with Gasteiger partial charge in [-0.25, -0.2) is 0 Å². The molecule has 24 valence electrons. The third kappa shape index (κ3) is 11.1. The molecule has 0 saturated heterocycles. The molecule has 0 aliphatic carbocycles. The molecule has 0 amide bonds. The fourth-order valence-electron chi connectivity index (χ4n) is 0. The first kappa shape index (κ1) is 67.8. The molecule has 0 heterocycles. The summed E-state index contributed by atoms with van der Waals surface area (Å²) in [6.07, 6.45) is 0. The first-order chi connectivity index (χ1) is 0. The zero-order chi connectivity index (χ0) is 0. The largest absolute Gasteiger partial charge is 2.00 e. The van der Waals surface area contributed by atoms with E-state index in [4.69, 9.17) is 0 Å². The molecule has 4 heteroatoms. The molecule has 3 nitrogen and oxygen atoms in total. The third-order valence-corrected chi connectivity index (χ3v) is 0. The van der Waals surface area contributed by atoms with Crippen LogP contribution < -0.4 is 0 Å². The predicted molar refractivity (Wildman–Crippen MR) is 12.7 cm³/mol. The Morgan fingerprint density at radius 3 is 0.750 bits per heavy atom. The average molecular weight is 92.1 g/mol. The van der Waals surface area contributed by atoms with Gasteiger partial charge in [0.2, 0.25) is 0 Å². The first-order valence-electron chi connectivity index (χ1n) is 0. The summed E-state index contributed by atoms with van der Waals surface area (Å²) in [5.41, 5.74) is 0. The van der Waals surface area contributed by atoms with Crippen molar-refractivity contribution in [1.29, 1.82) is 0 Å². The van der Waals surface area contributed by atoms with Crippen LogP contribution in [0.2, 0.25) is 0 Å². The van der Waals surface area contributed by atoms with Crippen LogP contribution in [-0.4, -0.2) is 54.2 Å². The molecule has 0 aromatic rings. The van der Waals surface area contributed by atoms with Crippen LogP contribution in [0.5, 0.6) is 0 Å². The third-order valence-electron chi connectivity index (χ3n) is 0. The molecular formula is H4CaO3. The summed E-state index contributed by atoms with van der Waals surface area (Å²) in [4.78, 5) is 0. The Kier molecular flexibility index (Phi) is 533. The Morgan fingerprint density at radius 1 is 0.750 bits per heavy atom. The van der Waals surface area contributed by atoms with Gasteiger partial charge in [-0.3, -0.25) is 0 Å². The second-order valence-corrected chi connectivity index (χ2v) is 0. The molecule has 0 aromatic carbocycles. The molecule has 0 radical (unpaired) electrons. The summed E-state index contributed by atoms with van der Waals surface area (Å²) in [6, 6.07) is 0. The summed E-state index contributed by atoms with van der Waals surface area (Å²) in [7, 11) is 0. The van der Waals surface area contributed by atoms with E-state index in [1.54, 1.807) is 0 Å². The Labute approximate surface area is 55.4 Å². The Morgan fingerprint density at radius 2 is 0.750 bits per heavy atom. The second kappa shape index (κ2) is 31.4. The molecule has 0 spiro atoms. The summed E-state index contributed by atoms with van der Waals surface area (Å²) < 4.78 is 0. The maximum Gasteiger partial charge on any atom is 2.00 e. The quantitative estimate of drug-likeness (QED) is 0.366. The fourth-order valence-corrected chi connectivity index (χ4v) is 0. The van der Waals surface area contributed by atoms with E-state index in [1.807, 2.05) is 0 Å². The van der Waals surface area contributed by atoms with E-state index in [9.17, 15) is 0 Å². The zero-order valence-electron chi connectivity index (χ0n) is 3.05. The van der Waals surface area contributed by atoms with Gasteiger partial charge >= 0.3 is 39.2 Å². The standard InChI is InChI=1S/Ca.3H2O/h;3*1H2/q+2;;;/p-2. The number of hydrogen-bond donors (Lipinski definition) is 0. The molecule has 4 heavy (non-hydrogen) atoms. The minimum Gasteiger partial charge on any atom is -0.870 e. The number of hydrogen-bond acceptors (Lipinski definition) is 3. The minimum atomic E-state index is 0. The Balaban J connectivity index is 0. The van der Waals surface area contributed by atoms with Gasteiger partial charge in [0.15, 0.2) is 0 Å². The van der Waals surface area contributed by atoms with Crippen molar-refractivity contribution in [3.8, 4) is 0 Å². The number of rotatable bonds is 0. The molecule has 0 rings (SSSR count). The molecule has 0 atom stereocenters. The molecular weight excluding hydrogens is 88.1 g/mol. The van der Waals surface area contributed by atoms with Crippen LogP contribution in [0.25, 0.3) is 0 Å². The summed E-state index contributed by atoms with van der Waals surface area (Å²) in [6.45, 7) is 0. The molecule has 0 aliphatic rings. The average Bonchev–Trinajstić information content (AvgIpc) is 0. The maximum absolute atomic E-state index is 0. The van der Waals surface area contributed by atoms with Crippen LogP contribution in [0.4, 0.5) is 0 Å². The SMILES string of the molecule is [Ca+2].[H+].[OH-].[OH-].[OH-]. The van der Waals surface area contributed by atoms with Gasteiger partial charge in [0.25, 0.3) is 0 Å². The van der Waals surface area contributed by atoms with Crippen molar-refractivity contribution >= 4 is 37.7 Å².